The minimum absolute atomic E-state index is 0.209. The summed E-state index contributed by atoms with van der Waals surface area (Å²) in [6.07, 6.45) is 1.31. The Morgan fingerprint density at radius 3 is 2.62 bits per heavy atom. The van der Waals surface area contributed by atoms with Crippen LogP contribution >= 0.6 is 0 Å². The Labute approximate surface area is 151 Å². The second-order valence-corrected chi connectivity index (χ2v) is 5.67. The van der Waals surface area contributed by atoms with Crippen LogP contribution < -0.4 is 10.2 Å². The van der Waals surface area contributed by atoms with Gasteiger partial charge in [0.25, 0.3) is 5.91 Å². The van der Waals surface area contributed by atoms with Crippen molar-refractivity contribution < 1.29 is 9.53 Å². The third-order valence-electron chi connectivity index (χ3n) is 3.74. The molecule has 0 heterocycles. The summed E-state index contributed by atoms with van der Waals surface area (Å²) >= 11 is 0. The fourth-order valence-corrected chi connectivity index (χ4v) is 2.44. The molecule has 0 saturated carbocycles. The van der Waals surface area contributed by atoms with Gasteiger partial charge in [0.1, 0.15) is 18.8 Å². The van der Waals surface area contributed by atoms with Crippen LogP contribution in [0.15, 0.2) is 71.8 Å². The molecule has 3 aromatic rings. The highest BCUT2D eigenvalue weighted by atomic mass is 16.5. The average molecular weight is 343 g/mol. The van der Waals surface area contributed by atoms with Crippen molar-refractivity contribution in [3.63, 3.8) is 0 Å². The van der Waals surface area contributed by atoms with Crippen molar-refractivity contribution in [3.05, 3.63) is 77.9 Å². The Bertz CT molecular complexity index is 972. The summed E-state index contributed by atoms with van der Waals surface area (Å²) in [5.41, 5.74) is 4.21. The number of nitrogens with one attached hydrogen (secondary N) is 1. The molecule has 3 rings (SSSR count). The summed E-state index contributed by atoms with van der Waals surface area (Å²) in [5.74, 6) is 0.322. The molecule has 0 radical (unpaired) electrons. The van der Waals surface area contributed by atoms with Gasteiger partial charge in [0.15, 0.2) is 0 Å². The zero-order valence-electron chi connectivity index (χ0n) is 14.1. The summed E-state index contributed by atoms with van der Waals surface area (Å²) in [6, 6.07) is 23.6. The number of hydrazone groups is 1. The molecule has 0 aliphatic rings. The van der Waals surface area contributed by atoms with Crippen LogP contribution in [0, 0.1) is 11.3 Å². The largest absolute Gasteiger partial charge is 0.489 e. The van der Waals surface area contributed by atoms with Crippen molar-refractivity contribution >= 4 is 22.9 Å². The molecule has 0 unspecified atom stereocenters. The van der Waals surface area contributed by atoms with Gasteiger partial charge >= 0.3 is 0 Å². The Kier molecular flexibility index (Phi) is 5.58. The second-order valence-electron chi connectivity index (χ2n) is 5.67. The maximum Gasteiger partial charge on any atom is 0.254 e. The molecule has 0 aromatic heterocycles. The van der Waals surface area contributed by atoms with Gasteiger partial charge in [-0.05, 0) is 52.2 Å². The molecule has 0 aliphatic carbocycles. The number of benzene rings is 3. The minimum Gasteiger partial charge on any atom is -0.489 e. The van der Waals surface area contributed by atoms with Crippen LogP contribution in [-0.2, 0) is 11.4 Å². The molecule has 3 aromatic carbocycles. The number of hydrogen-bond donors (Lipinski definition) is 1. The van der Waals surface area contributed by atoms with Gasteiger partial charge in [0.2, 0.25) is 0 Å². The van der Waals surface area contributed by atoms with Gasteiger partial charge in [-0.3, -0.25) is 4.79 Å². The molecular weight excluding hydrogens is 326 g/mol. The van der Waals surface area contributed by atoms with Gasteiger partial charge in [-0.25, -0.2) is 5.43 Å². The summed E-state index contributed by atoms with van der Waals surface area (Å²) in [5, 5.41) is 14.6. The third kappa shape index (κ3) is 4.68. The van der Waals surface area contributed by atoms with Crippen LogP contribution in [-0.4, -0.2) is 12.1 Å². The van der Waals surface area contributed by atoms with Crippen LogP contribution in [0.2, 0.25) is 0 Å². The number of fused-ring (bicyclic) bond motifs is 1. The molecule has 1 N–H and O–H groups in total. The first kappa shape index (κ1) is 17.2. The molecule has 0 saturated heterocycles. The highest BCUT2D eigenvalue weighted by molar-refractivity contribution is 5.83. The molecule has 0 atom stereocenters. The fourth-order valence-electron chi connectivity index (χ4n) is 2.44. The van der Waals surface area contributed by atoms with Gasteiger partial charge < -0.3 is 4.74 Å². The predicted octanol–water partition coefficient (Wildman–Crippen LogP) is 3.78. The van der Waals surface area contributed by atoms with E-state index in [0.29, 0.717) is 6.61 Å². The van der Waals surface area contributed by atoms with Crippen molar-refractivity contribution in [2.75, 3.05) is 0 Å². The van der Waals surface area contributed by atoms with Gasteiger partial charge in [0, 0.05) is 0 Å². The SMILES string of the molecule is N#CCC(=O)N/N=C\c1ccc(OCc2ccc3ccccc3c2)cc1. The first-order valence-corrected chi connectivity index (χ1v) is 8.14. The molecule has 0 spiro atoms. The standard InChI is InChI=1S/C21H17N3O2/c22-12-11-21(25)24-23-14-16-6-9-20(10-7-16)26-15-17-5-8-18-3-1-2-4-19(18)13-17/h1-10,13-14H,11,15H2,(H,24,25)/b23-14-. The average Bonchev–Trinajstić information content (AvgIpc) is 2.67. The van der Waals surface area contributed by atoms with E-state index in [-0.39, 0.29) is 6.42 Å². The van der Waals surface area contributed by atoms with Crippen LogP contribution in [0.4, 0.5) is 0 Å². The molecule has 5 nitrogen and oxygen atoms in total. The number of hydrogen-bond acceptors (Lipinski definition) is 4. The van der Waals surface area contributed by atoms with Crippen molar-refractivity contribution in [2.24, 2.45) is 5.10 Å². The molecule has 1 amide bonds. The highest BCUT2D eigenvalue weighted by Gasteiger charge is 1.99. The van der Waals surface area contributed by atoms with E-state index < -0.39 is 5.91 Å². The number of carbonyl (C=O) groups is 1. The van der Waals surface area contributed by atoms with Gasteiger partial charge in [-0.15, -0.1) is 0 Å². The monoisotopic (exact) mass is 343 g/mol. The lowest BCUT2D eigenvalue weighted by atomic mass is 10.1. The highest BCUT2D eigenvalue weighted by Crippen LogP contribution is 2.18. The lowest BCUT2D eigenvalue weighted by Crippen LogP contribution is -2.16. The molecule has 26 heavy (non-hydrogen) atoms. The normalized spacial score (nSPS) is 10.6. The summed E-state index contributed by atoms with van der Waals surface area (Å²) in [7, 11) is 0. The van der Waals surface area contributed by atoms with Crippen LogP contribution in [0.3, 0.4) is 0 Å². The molecule has 0 aliphatic heterocycles. The number of rotatable bonds is 6. The molecular formula is C21H17N3O2. The van der Waals surface area contributed by atoms with E-state index in [1.165, 1.54) is 17.0 Å². The smallest absolute Gasteiger partial charge is 0.254 e. The fraction of sp³-hybridized carbons (Fsp3) is 0.0952. The van der Waals surface area contributed by atoms with Crippen LogP contribution in [0.25, 0.3) is 10.8 Å². The van der Waals surface area contributed by atoms with Crippen LogP contribution in [0.5, 0.6) is 5.75 Å². The molecule has 0 bridgehead atoms. The summed E-state index contributed by atoms with van der Waals surface area (Å²) < 4.78 is 5.82. The zero-order chi connectivity index (χ0) is 18.2. The number of nitriles is 1. The van der Waals surface area contributed by atoms with Gasteiger partial charge in [-0.1, -0.05) is 36.4 Å². The van der Waals surface area contributed by atoms with E-state index in [1.54, 1.807) is 6.07 Å². The number of nitrogens with zero attached hydrogens (tertiary/aromatic N) is 2. The molecule has 0 fully saturated rings. The number of amides is 1. The lowest BCUT2D eigenvalue weighted by molar-refractivity contribution is -0.120. The second kappa shape index (κ2) is 8.45. The van der Waals surface area contributed by atoms with E-state index >= 15 is 0 Å². The van der Waals surface area contributed by atoms with E-state index in [1.807, 2.05) is 36.4 Å². The molecule has 5 heteroatoms. The topological polar surface area (TPSA) is 74.5 Å². The van der Waals surface area contributed by atoms with E-state index in [9.17, 15) is 4.79 Å². The maximum absolute atomic E-state index is 11.1. The Morgan fingerprint density at radius 1 is 1.08 bits per heavy atom. The quantitative estimate of drug-likeness (QED) is 0.547. The van der Waals surface area contributed by atoms with E-state index in [2.05, 4.69) is 40.9 Å². The minimum atomic E-state index is -0.431. The predicted molar refractivity (Wildman–Crippen MR) is 101 cm³/mol. The van der Waals surface area contributed by atoms with E-state index in [0.717, 1.165) is 16.9 Å². The van der Waals surface area contributed by atoms with Crippen molar-refractivity contribution in [3.8, 4) is 11.8 Å². The zero-order valence-corrected chi connectivity index (χ0v) is 14.1. The first-order chi connectivity index (χ1) is 12.7. The van der Waals surface area contributed by atoms with Crippen molar-refractivity contribution in [1.29, 1.82) is 5.26 Å². The Morgan fingerprint density at radius 2 is 1.85 bits per heavy atom. The summed E-state index contributed by atoms with van der Waals surface area (Å²) in [6.45, 7) is 0.489. The van der Waals surface area contributed by atoms with E-state index in [4.69, 9.17) is 10.00 Å². The maximum atomic E-state index is 11.1. The van der Waals surface area contributed by atoms with Gasteiger partial charge in [-0.2, -0.15) is 10.4 Å². The number of ether oxygens (including phenoxy) is 1. The van der Waals surface area contributed by atoms with Crippen molar-refractivity contribution in [1.82, 2.24) is 5.43 Å². The Balaban J connectivity index is 1.56. The van der Waals surface area contributed by atoms with Crippen LogP contribution in [0.1, 0.15) is 17.5 Å². The Hall–Kier alpha value is -3.65. The van der Waals surface area contributed by atoms with Gasteiger partial charge in [0.05, 0.1) is 12.3 Å². The first-order valence-electron chi connectivity index (χ1n) is 8.14. The number of carbonyl (C=O) groups excluding carboxylic acids is 1. The molecule has 128 valence electrons. The lowest BCUT2D eigenvalue weighted by Gasteiger charge is -2.07. The third-order valence-corrected chi connectivity index (χ3v) is 3.74. The van der Waals surface area contributed by atoms with Crippen molar-refractivity contribution in [2.45, 2.75) is 13.0 Å². The summed E-state index contributed by atoms with van der Waals surface area (Å²) in [4.78, 5) is 11.1.